The number of esters is 1. The molecule has 3 saturated heterocycles. The zero-order valence-corrected chi connectivity index (χ0v) is 28.4. The molecule has 2 aromatic heterocycles. The van der Waals surface area contributed by atoms with E-state index < -0.39 is 60.2 Å². The molecule has 2 aromatic carbocycles. The summed E-state index contributed by atoms with van der Waals surface area (Å²) >= 11 is 1.16. The first-order valence-electron chi connectivity index (χ1n) is 17.1. The average Bonchev–Trinajstić information content (AvgIpc) is 3.63. The van der Waals surface area contributed by atoms with E-state index in [1.165, 1.54) is 24.3 Å². The summed E-state index contributed by atoms with van der Waals surface area (Å²) in [7, 11) is 0. The summed E-state index contributed by atoms with van der Waals surface area (Å²) in [6.07, 6.45) is -10.2. The third-order valence-corrected chi connectivity index (χ3v) is 11.4. The highest BCUT2D eigenvalue weighted by Gasteiger charge is 2.49. The molecule has 4 N–H and O–H groups in total. The predicted molar refractivity (Wildman–Crippen MR) is 175 cm³/mol. The van der Waals surface area contributed by atoms with Gasteiger partial charge in [0.25, 0.3) is 0 Å². The Morgan fingerprint density at radius 2 is 1.72 bits per heavy atom. The largest absolute Gasteiger partial charge is 0.479 e. The van der Waals surface area contributed by atoms with Crippen LogP contribution in [0.3, 0.4) is 0 Å². The second-order valence-electron chi connectivity index (χ2n) is 13.8. The number of halogens is 4. The van der Waals surface area contributed by atoms with E-state index in [2.05, 4.69) is 15.0 Å². The predicted octanol–water partition coefficient (Wildman–Crippen LogP) is 4.75. The number of aliphatic carboxylic acids is 1. The second-order valence-corrected chi connectivity index (χ2v) is 14.8. The lowest BCUT2D eigenvalue weighted by Crippen LogP contribution is -2.60. The molecular weight excluding hydrogens is 730 g/mol. The van der Waals surface area contributed by atoms with Crippen molar-refractivity contribution < 1.29 is 66.3 Å². The minimum absolute atomic E-state index is 0.0171. The lowest BCUT2D eigenvalue weighted by atomic mass is 9.98. The summed E-state index contributed by atoms with van der Waals surface area (Å²) in [6, 6.07) is 7.47. The maximum Gasteiger partial charge on any atom is 0.417 e. The van der Waals surface area contributed by atoms with Gasteiger partial charge in [0.1, 0.15) is 35.3 Å². The molecular formula is C35H33F4N3O10S. The molecule has 0 unspecified atom stereocenters. The van der Waals surface area contributed by atoms with Gasteiger partial charge in [-0.1, -0.05) is 34.7 Å². The molecule has 0 spiro atoms. The number of ether oxygens (including phenoxy) is 3. The normalized spacial score (nSPS) is 28.8. The monoisotopic (exact) mass is 763 g/mol. The SMILES string of the molecule is O=C(O[C@@H]1O[C@H](C(=O)O)[C@@H](O)[C@H](O)[C@H]1O)c1cc(F)c2nc(N3[C@@H]4CC[C@H]3C[C@@H](OCc3c(-c5ccccc5C(F)(F)F)noc3C3CC3)C4)sc2c1. The van der Waals surface area contributed by atoms with Gasteiger partial charge in [0, 0.05) is 29.1 Å². The van der Waals surface area contributed by atoms with Crippen LogP contribution < -0.4 is 4.90 Å². The average molecular weight is 764 g/mol. The molecule has 13 nitrogen and oxygen atoms in total. The van der Waals surface area contributed by atoms with Gasteiger partial charge in [0.2, 0.25) is 6.29 Å². The molecule has 18 heteroatoms. The number of rotatable bonds is 9. The van der Waals surface area contributed by atoms with Gasteiger partial charge in [0.05, 0.1) is 28.5 Å². The van der Waals surface area contributed by atoms with Crippen LogP contribution in [-0.4, -0.2) is 91.4 Å². The minimum Gasteiger partial charge on any atom is -0.479 e. The Bertz CT molecular complexity index is 2040. The van der Waals surface area contributed by atoms with E-state index in [1.807, 2.05) is 0 Å². The number of aliphatic hydroxyl groups excluding tert-OH is 3. The molecule has 1 saturated carbocycles. The number of benzene rings is 2. The molecule has 2 bridgehead atoms. The minimum atomic E-state index is -4.58. The zero-order chi connectivity index (χ0) is 37.3. The highest BCUT2D eigenvalue weighted by Crippen LogP contribution is 2.47. The molecule has 4 fully saturated rings. The van der Waals surface area contributed by atoms with Crippen LogP contribution in [-0.2, 0) is 31.8 Å². The van der Waals surface area contributed by atoms with E-state index in [0.29, 0.717) is 34.0 Å². The lowest BCUT2D eigenvalue weighted by Gasteiger charge is -2.38. The molecule has 1 aliphatic carbocycles. The van der Waals surface area contributed by atoms with Crippen molar-refractivity contribution in [2.75, 3.05) is 4.90 Å². The fourth-order valence-electron chi connectivity index (χ4n) is 7.58. The Kier molecular flexibility index (Phi) is 9.18. The number of carboxylic acid groups (broad SMARTS) is 1. The Morgan fingerprint density at radius 3 is 2.40 bits per heavy atom. The number of piperidine rings is 1. The summed E-state index contributed by atoms with van der Waals surface area (Å²) in [6.45, 7) is 0.0334. The number of hydrogen-bond donors (Lipinski definition) is 4. The maximum absolute atomic E-state index is 15.4. The Hall–Kier alpha value is -4.20. The first-order valence-corrected chi connectivity index (χ1v) is 17.9. The van der Waals surface area contributed by atoms with Gasteiger partial charge < -0.3 is 44.1 Å². The molecule has 0 amide bonds. The number of fused-ring (bicyclic) bond motifs is 3. The number of anilines is 1. The van der Waals surface area contributed by atoms with Crippen LogP contribution in [0.1, 0.15) is 71.7 Å². The van der Waals surface area contributed by atoms with Gasteiger partial charge in [-0.15, -0.1) is 0 Å². The van der Waals surface area contributed by atoms with Gasteiger partial charge >= 0.3 is 18.1 Å². The van der Waals surface area contributed by atoms with Gasteiger partial charge in [-0.3, -0.25) is 0 Å². The van der Waals surface area contributed by atoms with Crippen LogP contribution in [0.15, 0.2) is 40.9 Å². The van der Waals surface area contributed by atoms with E-state index in [1.54, 1.807) is 0 Å². The van der Waals surface area contributed by atoms with E-state index in [9.17, 15) is 43.2 Å². The molecule has 4 aromatic rings. The number of nitrogens with zero attached hydrogens (tertiary/aromatic N) is 3. The Balaban J connectivity index is 0.969. The lowest BCUT2D eigenvalue weighted by molar-refractivity contribution is -0.278. The van der Waals surface area contributed by atoms with Gasteiger partial charge in [-0.05, 0) is 56.7 Å². The van der Waals surface area contributed by atoms with Crippen molar-refractivity contribution in [3.63, 3.8) is 0 Å². The van der Waals surface area contributed by atoms with Crippen molar-refractivity contribution in [2.24, 2.45) is 0 Å². The highest BCUT2D eigenvalue weighted by atomic mass is 32.1. The fraction of sp³-hybridized carbons (Fsp3) is 0.486. The number of alkyl halides is 3. The Labute approximate surface area is 301 Å². The van der Waals surface area contributed by atoms with E-state index in [4.69, 9.17) is 18.7 Å². The Morgan fingerprint density at radius 1 is 1.00 bits per heavy atom. The standard InChI is InChI=1S/C35H33F4N3O10S/c36-22-9-15(32(48)51-33-28(45)26(43)27(44)30(50-33)31(46)47)10-23-25(22)40-34(53-23)42-16-7-8-17(42)12-18(11-16)49-13-20-24(41-52-29(20)14-5-6-14)19-3-1-2-4-21(19)35(37,38)39/h1-4,9-10,14,16-18,26-28,30,33,43-45H,5-8,11-13H2,(H,46,47)/t16-,17+,18+,26-,27-,28+,30-,33-/m0/s1. The molecule has 0 radical (unpaired) electrons. The number of aromatic nitrogens is 2. The molecule has 53 heavy (non-hydrogen) atoms. The van der Waals surface area contributed by atoms with Crippen LogP contribution in [0.25, 0.3) is 21.5 Å². The van der Waals surface area contributed by atoms with E-state index in [-0.39, 0.29) is 53.0 Å². The molecule has 3 aliphatic heterocycles. The van der Waals surface area contributed by atoms with Crippen molar-refractivity contribution >= 4 is 38.6 Å². The topological polar surface area (TPSA) is 185 Å². The van der Waals surface area contributed by atoms with Gasteiger partial charge in [-0.25, -0.2) is 19.0 Å². The third kappa shape index (κ3) is 6.65. The molecule has 5 heterocycles. The number of hydrogen-bond acceptors (Lipinski definition) is 13. The number of carbonyl (C=O) groups excluding carboxylic acids is 1. The third-order valence-electron chi connectivity index (χ3n) is 10.3. The number of aliphatic hydroxyl groups is 3. The van der Waals surface area contributed by atoms with Gasteiger partial charge in [-0.2, -0.15) is 13.2 Å². The highest BCUT2D eigenvalue weighted by molar-refractivity contribution is 7.22. The number of thiazole rings is 1. The molecule has 8 atom stereocenters. The fourth-order valence-corrected chi connectivity index (χ4v) is 8.74. The zero-order valence-electron chi connectivity index (χ0n) is 27.6. The molecule has 4 aliphatic rings. The summed E-state index contributed by atoms with van der Waals surface area (Å²) in [5.74, 6) is -3.00. The van der Waals surface area contributed by atoms with Crippen molar-refractivity contribution in [1.82, 2.24) is 10.1 Å². The van der Waals surface area contributed by atoms with Crippen LogP contribution in [0.4, 0.5) is 22.7 Å². The smallest absolute Gasteiger partial charge is 0.417 e. The van der Waals surface area contributed by atoms with Crippen molar-refractivity contribution in [3.05, 3.63) is 64.7 Å². The summed E-state index contributed by atoms with van der Waals surface area (Å²) in [5.41, 5.74) is -0.470. The van der Waals surface area contributed by atoms with Crippen molar-refractivity contribution in [1.29, 1.82) is 0 Å². The van der Waals surface area contributed by atoms with Crippen LogP contribution >= 0.6 is 11.3 Å². The molecule has 282 valence electrons. The number of carboxylic acids is 1. The van der Waals surface area contributed by atoms with E-state index >= 15 is 4.39 Å². The van der Waals surface area contributed by atoms with Crippen molar-refractivity contribution in [3.8, 4) is 11.3 Å². The van der Waals surface area contributed by atoms with Crippen LogP contribution in [0, 0.1) is 5.82 Å². The molecule has 8 rings (SSSR count). The second kappa shape index (κ2) is 13.6. The van der Waals surface area contributed by atoms with Gasteiger partial charge in [0.15, 0.2) is 17.1 Å². The summed E-state index contributed by atoms with van der Waals surface area (Å²) in [5, 5.41) is 44.0. The first-order chi connectivity index (χ1) is 25.3. The number of carbonyl (C=O) groups is 2. The summed E-state index contributed by atoms with van der Waals surface area (Å²) in [4.78, 5) is 31.0. The van der Waals surface area contributed by atoms with Crippen LogP contribution in [0.2, 0.25) is 0 Å². The summed E-state index contributed by atoms with van der Waals surface area (Å²) < 4.78 is 79.5. The maximum atomic E-state index is 15.4. The van der Waals surface area contributed by atoms with Crippen LogP contribution in [0.5, 0.6) is 0 Å². The quantitative estimate of drug-likeness (QED) is 0.135. The van der Waals surface area contributed by atoms with Crippen molar-refractivity contribution in [2.45, 2.75) is 106 Å². The van der Waals surface area contributed by atoms with E-state index in [0.717, 1.165) is 49.2 Å². The first kappa shape index (κ1) is 35.8.